The lowest BCUT2D eigenvalue weighted by Gasteiger charge is -2.19. The first-order valence-corrected chi connectivity index (χ1v) is 13.2. The quantitative estimate of drug-likeness (QED) is 0.452. The Balaban J connectivity index is 1.47. The first-order valence-electron chi connectivity index (χ1n) is 11.8. The Morgan fingerprint density at radius 3 is 2.34 bits per heavy atom. The number of benzene rings is 3. The van der Waals surface area contributed by atoms with Gasteiger partial charge in [0.05, 0.1) is 15.9 Å². The van der Waals surface area contributed by atoms with E-state index in [1.54, 1.807) is 37.3 Å². The summed E-state index contributed by atoms with van der Waals surface area (Å²) in [6.07, 6.45) is -3.60. The maximum absolute atomic E-state index is 13.9. The van der Waals surface area contributed by atoms with E-state index in [1.165, 1.54) is 20.2 Å². The molecule has 1 aliphatic carbocycles. The van der Waals surface area contributed by atoms with Gasteiger partial charge < -0.3 is 14.8 Å². The van der Waals surface area contributed by atoms with E-state index in [9.17, 15) is 26.4 Å². The Morgan fingerprint density at radius 1 is 0.974 bits per heavy atom. The van der Waals surface area contributed by atoms with Crippen LogP contribution in [-0.4, -0.2) is 39.5 Å². The van der Waals surface area contributed by atoms with Crippen LogP contribution in [0.5, 0.6) is 11.5 Å². The Hall–Kier alpha value is -3.57. The number of hydrogen-bond donors (Lipinski definition) is 1. The number of hydrogen-bond acceptors (Lipinski definition) is 5. The Bertz CT molecular complexity index is 1550. The van der Waals surface area contributed by atoms with Crippen LogP contribution in [0.2, 0.25) is 0 Å². The SMILES string of the molecule is Cc1ccc(NC(=O)C2(c3ccc4c(c3)OCO4)CC2)cc1-c1ccc(S(=O)(=O)N(C)C)c(C(F)(F)F)c1. The second-order valence-corrected chi connectivity index (χ2v) is 11.8. The third-order valence-corrected chi connectivity index (χ3v) is 8.83. The van der Waals surface area contributed by atoms with Crippen molar-refractivity contribution in [1.82, 2.24) is 4.31 Å². The predicted octanol–water partition coefficient (Wildman–Crippen LogP) is 5.33. The molecule has 38 heavy (non-hydrogen) atoms. The van der Waals surface area contributed by atoms with Gasteiger partial charge in [-0.25, -0.2) is 12.7 Å². The minimum absolute atomic E-state index is 0.127. The van der Waals surface area contributed by atoms with Gasteiger partial charge in [-0.1, -0.05) is 18.2 Å². The van der Waals surface area contributed by atoms with Gasteiger partial charge in [0.15, 0.2) is 11.5 Å². The summed E-state index contributed by atoms with van der Waals surface area (Å²) in [4.78, 5) is 12.5. The molecule has 0 unspecified atom stereocenters. The fourth-order valence-corrected chi connectivity index (χ4v) is 5.65. The number of carbonyl (C=O) groups is 1. The van der Waals surface area contributed by atoms with Crippen molar-refractivity contribution < 1.29 is 35.9 Å². The van der Waals surface area contributed by atoms with E-state index >= 15 is 0 Å². The Morgan fingerprint density at radius 2 is 1.68 bits per heavy atom. The van der Waals surface area contributed by atoms with Crippen molar-refractivity contribution in [2.45, 2.75) is 36.3 Å². The molecule has 0 spiro atoms. The predicted molar refractivity (Wildman–Crippen MR) is 135 cm³/mol. The summed E-state index contributed by atoms with van der Waals surface area (Å²) >= 11 is 0. The molecular weight excluding hydrogens is 521 g/mol. The highest BCUT2D eigenvalue weighted by molar-refractivity contribution is 7.89. The molecule has 1 heterocycles. The smallest absolute Gasteiger partial charge is 0.417 e. The highest BCUT2D eigenvalue weighted by Crippen LogP contribution is 2.51. The van der Waals surface area contributed by atoms with Crippen molar-refractivity contribution in [3.05, 3.63) is 71.3 Å². The number of ether oxygens (including phenoxy) is 2. The van der Waals surface area contributed by atoms with Crippen LogP contribution in [-0.2, 0) is 26.4 Å². The molecule has 5 rings (SSSR count). The van der Waals surface area contributed by atoms with E-state index in [4.69, 9.17) is 9.47 Å². The second-order valence-electron chi connectivity index (χ2n) is 9.63. The number of fused-ring (bicyclic) bond motifs is 1. The normalized spacial score (nSPS) is 16.0. The average molecular weight is 547 g/mol. The first kappa shape index (κ1) is 26.1. The zero-order chi connectivity index (χ0) is 27.5. The van der Waals surface area contributed by atoms with Crippen LogP contribution in [0.25, 0.3) is 11.1 Å². The lowest BCUT2D eigenvalue weighted by atomic mass is 9.94. The molecule has 0 bridgehead atoms. The van der Waals surface area contributed by atoms with Crippen LogP contribution in [0.3, 0.4) is 0 Å². The molecule has 200 valence electrons. The molecule has 2 aliphatic rings. The summed E-state index contributed by atoms with van der Waals surface area (Å²) in [7, 11) is -1.97. The van der Waals surface area contributed by atoms with Gasteiger partial charge in [0.1, 0.15) is 0 Å². The number of aryl methyl sites for hydroxylation is 1. The molecule has 1 amide bonds. The summed E-state index contributed by atoms with van der Waals surface area (Å²) in [5.74, 6) is 0.977. The lowest BCUT2D eigenvalue weighted by Crippen LogP contribution is -2.27. The largest absolute Gasteiger partial charge is 0.454 e. The van der Waals surface area contributed by atoms with Gasteiger partial charge in [0.2, 0.25) is 22.7 Å². The summed E-state index contributed by atoms with van der Waals surface area (Å²) in [5.41, 5.74) is 0.529. The van der Waals surface area contributed by atoms with E-state index in [-0.39, 0.29) is 18.3 Å². The van der Waals surface area contributed by atoms with Crippen molar-refractivity contribution in [3.8, 4) is 22.6 Å². The van der Waals surface area contributed by atoms with Gasteiger partial charge in [-0.15, -0.1) is 0 Å². The number of alkyl halides is 3. The molecule has 0 aromatic heterocycles. The third kappa shape index (κ3) is 4.49. The van der Waals surface area contributed by atoms with Crippen molar-refractivity contribution in [2.75, 3.05) is 26.2 Å². The van der Waals surface area contributed by atoms with Crippen molar-refractivity contribution in [2.24, 2.45) is 0 Å². The molecule has 11 heteroatoms. The fourth-order valence-electron chi connectivity index (χ4n) is 4.57. The van der Waals surface area contributed by atoms with Gasteiger partial charge in [-0.2, -0.15) is 13.2 Å². The van der Waals surface area contributed by atoms with Gasteiger partial charge in [-0.05, 0) is 78.4 Å². The van der Waals surface area contributed by atoms with Crippen LogP contribution in [0.15, 0.2) is 59.5 Å². The summed E-state index contributed by atoms with van der Waals surface area (Å²) < 4.78 is 78.3. The molecule has 1 saturated carbocycles. The minimum Gasteiger partial charge on any atom is -0.454 e. The monoisotopic (exact) mass is 546 g/mol. The maximum Gasteiger partial charge on any atom is 0.417 e. The van der Waals surface area contributed by atoms with E-state index in [2.05, 4.69) is 5.32 Å². The van der Waals surface area contributed by atoms with Gasteiger partial charge in [0, 0.05) is 19.8 Å². The van der Waals surface area contributed by atoms with Crippen LogP contribution in [0, 0.1) is 6.92 Å². The molecule has 1 fully saturated rings. The number of anilines is 1. The molecule has 0 saturated heterocycles. The summed E-state index contributed by atoms with van der Waals surface area (Å²) in [6, 6.07) is 13.5. The van der Waals surface area contributed by atoms with E-state index in [0.29, 0.717) is 41.2 Å². The van der Waals surface area contributed by atoms with Crippen LogP contribution in [0.1, 0.15) is 29.5 Å². The van der Waals surface area contributed by atoms with Crippen molar-refractivity contribution in [3.63, 3.8) is 0 Å². The van der Waals surface area contributed by atoms with Gasteiger partial charge in [-0.3, -0.25) is 4.79 Å². The molecule has 1 aliphatic heterocycles. The number of halogens is 3. The lowest BCUT2D eigenvalue weighted by molar-refractivity contribution is -0.139. The zero-order valence-electron chi connectivity index (χ0n) is 20.8. The maximum atomic E-state index is 13.9. The minimum atomic E-state index is -4.89. The molecule has 0 atom stereocenters. The molecular formula is C27H25F3N2O5S. The highest BCUT2D eigenvalue weighted by Gasteiger charge is 2.51. The molecule has 1 N–H and O–H groups in total. The van der Waals surface area contributed by atoms with Crippen LogP contribution in [0.4, 0.5) is 18.9 Å². The topological polar surface area (TPSA) is 84.9 Å². The molecule has 3 aromatic rings. The summed E-state index contributed by atoms with van der Waals surface area (Å²) in [6.45, 7) is 1.86. The van der Waals surface area contributed by atoms with Crippen LogP contribution < -0.4 is 14.8 Å². The third-order valence-electron chi connectivity index (χ3n) is 6.96. The number of nitrogens with zero attached hydrogens (tertiary/aromatic N) is 1. The number of amides is 1. The van der Waals surface area contributed by atoms with Crippen molar-refractivity contribution >= 4 is 21.6 Å². The first-order chi connectivity index (χ1) is 17.8. The number of rotatable bonds is 6. The number of nitrogens with one attached hydrogen (secondary N) is 1. The Labute approximate surface area is 218 Å². The fraction of sp³-hybridized carbons (Fsp3) is 0.296. The second kappa shape index (κ2) is 9.02. The number of sulfonamides is 1. The van der Waals surface area contributed by atoms with Crippen molar-refractivity contribution in [1.29, 1.82) is 0 Å². The zero-order valence-corrected chi connectivity index (χ0v) is 21.7. The molecule has 7 nitrogen and oxygen atoms in total. The molecule has 3 aromatic carbocycles. The van der Waals surface area contributed by atoms with Gasteiger partial charge in [0.25, 0.3) is 0 Å². The Kier molecular flexibility index (Phi) is 6.18. The average Bonchev–Trinajstić information content (AvgIpc) is 3.55. The highest BCUT2D eigenvalue weighted by atomic mass is 32.2. The van der Waals surface area contributed by atoms with Gasteiger partial charge >= 0.3 is 6.18 Å². The van der Waals surface area contributed by atoms with E-state index in [1.807, 2.05) is 6.07 Å². The summed E-state index contributed by atoms with van der Waals surface area (Å²) in [5, 5.41) is 2.91. The molecule has 0 radical (unpaired) electrons. The van der Waals surface area contributed by atoms with E-state index < -0.39 is 32.1 Å². The van der Waals surface area contributed by atoms with Crippen LogP contribution >= 0.6 is 0 Å². The standard InChI is InChI=1S/C27H25F3N2O5S/c1-16-4-7-19(31-25(33)26(10-11-26)18-6-8-22-23(13-18)37-15-36-22)14-20(16)17-5-9-24(38(34,35)32(2)3)21(12-17)27(28,29)30/h4-9,12-14H,10-11,15H2,1-3H3,(H,31,33). The number of carbonyl (C=O) groups excluding carboxylic acids is 1. The van der Waals surface area contributed by atoms with E-state index in [0.717, 1.165) is 22.0 Å².